The molecule has 2 aromatic heterocycles. The summed E-state index contributed by atoms with van der Waals surface area (Å²) in [5, 5.41) is 9.48. The normalized spacial score (nSPS) is 10.5. The smallest absolute Gasteiger partial charge is 0.273 e. The summed E-state index contributed by atoms with van der Waals surface area (Å²) in [6.07, 6.45) is 1.66. The highest BCUT2D eigenvalue weighted by Gasteiger charge is 2.12. The van der Waals surface area contributed by atoms with Crippen molar-refractivity contribution >= 4 is 11.6 Å². The SMILES string of the molecule is Cc1cc(F)ccc1NC(=O)c1cc(-c2ccccn2)n[nH]1. The predicted molar refractivity (Wildman–Crippen MR) is 80.9 cm³/mol. The van der Waals surface area contributed by atoms with Crippen LogP contribution in [0.5, 0.6) is 0 Å². The van der Waals surface area contributed by atoms with E-state index in [9.17, 15) is 9.18 Å². The maximum atomic E-state index is 13.1. The molecule has 110 valence electrons. The number of hydrogen-bond donors (Lipinski definition) is 2. The topological polar surface area (TPSA) is 70.7 Å². The van der Waals surface area contributed by atoms with Gasteiger partial charge in [-0.15, -0.1) is 0 Å². The fraction of sp³-hybridized carbons (Fsp3) is 0.0625. The third-order valence-corrected chi connectivity index (χ3v) is 3.19. The number of anilines is 1. The number of rotatable bonds is 3. The van der Waals surface area contributed by atoms with Crippen LogP contribution in [0.2, 0.25) is 0 Å². The Hall–Kier alpha value is -3.02. The van der Waals surface area contributed by atoms with Crippen LogP contribution in [-0.4, -0.2) is 21.1 Å². The van der Waals surface area contributed by atoms with Crippen LogP contribution in [0.15, 0.2) is 48.7 Å². The minimum atomic E-state index is -0.343. The van der Waals surface area contributed by atoms with Crippen LogP contribution in [-0.2, 0) is 0 Å². The number of carbonyl (C=O) groups excluding carboxylic acids is 1. The summed E-state index contributed by atoms with van der Waals surface area (Å²) in [4.78, 5) is 16.4. The lowest BCUT2D eigenvalue weighted by Crippen LogP contribution is -2.13. The first-order chi connectivity index (χ1) is 10.6. The summed E-state index contributed by atoms with van der Waals surface area (Å²) in [5.74, 6) is -0.682. The molecule has 0 aliphatic heterocycles. The van der Waals surface area contributed by atoms with Crippen molar-refractivity contribution in [2.45, 2.75) is 6.92 Å². The predicted octanol–water partition coefficient (Wildman–Crippen LogP) is 3.17. The van der Waals surface area contributed by atoms with Crippen molar-refractivity contribution in [2.75, 3.05) is 5.32 Å². The minimum absolute atomic E-state index is 0.310. The highest BCUT2D eigenvalue weighted by Crippen LogP contribution is 2.18. The van der Waals surface area contributed by atoms with Gasteiger partial charge in [0.15, 0.2) is 0 Å². The van der Waals surface area contributed by atoms with Crippen LogP contribution in [0.1, 0.15) is 16.1 Å². The maximum absolute atomic E-state index is 13.1. The molecule has 1 amide bonds. The fourth-order valence-electron chi connectivity index (χ4n) is 2.04. The van der Waals surface area contributed by atoms with Crippen LogP contribution in [0.4, 0.5) is 10.1 Å². The van der Waals surface area contributed by atoms with E-state index in [1.807, 2.05) is 12.1 Å². The Bertz CT molecular complexity index is 814. The van der Waals surface area contributed by atoms with Crippen LogP contribution in [0.25, 0.3) is 11.4 Å². The maximum Gasteiger partial charge on any atom is 0.273 e. The van der Waals surface area contributed by atoms with E-state index in [2.05, 4.69) is 20.5 Å². The van der Waals surface area contributed by atoms with Gasteiger partial charge in [0.05, 0.1) is 5.69 Å². The number of aryl methyl sites for hydroxylation is 1. The number of hydrogen-bond acceptors (Lipinski definition) is 3. The van der Waals surface area contributed by atoms with Gasteiger partial charge in [0.25, 0.3) is 5.91 Å². The molecule has 0 spiro atoms. The van der Waals surface area contributed by atoms with Crippen LogP contribution in [0, 0.1) is 12.7 Å². The summed E-state index contributed by atoms with van der Waals surface area (Å²) in [6, 6.07) is 11.3. The summed E-state index contributed by atoms with van der Waals surface area (Å²) in [7, 11) is 0. The number of benzene rings is 1. The number of carbonyl (C=O) groups is 1. The number of amides is 1. The average molecular weight is 296 g/mol. The highest BCUT2D eigenvalue weighted by molar-refractivity contribution is 6.03. The quantitative estimate of drug-likeness (QED) is 0.780. The molecule has 0 fully saturated rings. The Kier molecular flexibility index (Phi) is 3.65. The van der Waals surface area contributed by atoms with Gasteiger partial charge in [0, 0.05) is 11.9 Å². The largest absolute Gasteiger partial charge is 0.320 e. The van der Waals surface area contributed by atoms with E-state index in [-0.39, 0.29) is 11.7 Å². The molecular weight excluding hydrogens is 283 g/mol. The van der Waals surface area contributed by atoms with Crippen molar-refractivity contribution in [3.63, 3.8) is 0 Å². The van der Waals surface area contributed by atoms with Crippen LogP contribution in [0.3, 0.4) is 0 Å². The zero-order chi connectivity index (χ0) is 15.5. The monoisotopic (exact) mass is 296 g/mol. The Morgan fingerprint density at radius 1 is 1.18 bits per heavy atom. The number of aromatic amines is 1. The second-order valence-electron chi connectivity index (χ2n) is 4.80. The molecule has 22 heavy (non-hydrogen) atoms. The lowest BCUT2D eigenvalue weighted by molar-refractivity contribution is 0.102. The van der Waals surface area contributed by atoms with E-state index >= 15 is 0 Å². The zero-order valence-electron chi connectivity index (χ0n) is 11.8. The van der Waals surface area contributed by atoms with Crippen LogP contribution >= 0.6 is 0 Å². The highest BCUT2D eigenvalue weighted by atomic mass is 19.1. The van der Waals surface area contributed by atoms with Gasteiger partial charge in [-0.3, -0.25) is 14.9 Å². The molecule has 0 bridgehead atoms. The third kappa shape index (κ3) is 2.85. The van der Waals surface area contributed by atoms with E-state index in [1.165, 1.54) is 18.2 Å². The molecule has 2 N–H and O–H groups in total. The Morgan fingerprint density at radius 3 is 2.77 bits per heavy atom. The van der Waals surface area contributed by atoms with Gasteiger partial charge in [0.2, 0.25) is 0 Å². The van der Waals surface area contributed by atoms with E-state index in [0.29, 0.717) is 28.3 Å². The molecule has 0 unspecified atom stereocenters. The third-order valence-electron chi connectivity index (χ3n) is 3.19. The van der Waals surface area contributed by atoms with Gasteiger partial charge in [0.1, 0.15) is 17.2 Å². The molecule has 0 aliphatic carbocycles. The molecule has 6 heteroatoms. The van der Waals surface area contributed by atoms with Crippen molar-refractivity contribution in [1.29, 1.82) is 0 Å². The number of aromatic nitrogens is 3. The van der Waals surface area contributed by atoms with Crippen LogP contribution < -0.4 is 5.32 Å². The number of nitrogens with one attached hydrogen (secondary N) is 2. The summed E-state index contributed by atoms with van der Waals surface area (Å²) < 4.78 is 13.1. The fourth-order valence-corrected chi connectivity index (χ4v) is 2.04. The molecule has 0 saturated carbocycles. The summed E-state index contributed by atoms with van der Waals surface area (Å²) in [5.41, 5.74) is 2.78. The molecule has 2 heterocycles. The molecule has 1 aromatic carbocycles. The van der Waals surface area contributed by atoms with E-state index in [0.717, 1.165) is 0 Å². The standard InChI is InChI=1S/C16H13FN4O/c1-10-8-11(17)5-6-12(10)19-16(22)15-9-14(20-21-15)13-4-2-3-7-18-13/h2-9H,1H3,(H,19,22)(H,20,21). The average Bonchev–Trinajstić information content (AvgIpc) is 3.01. The summed E-state index contributed by atoms with van der Waals surface area (Å²) in [6.45, 7) is 1.73. The second-order valence-corrected chi connectivity index (χ2v) is 4.80. The van der Waals surface area contributed by atoms with Crippen molar-refractivity contribution in [1.82, 2.24) is 15.2 Å². The second kappa shape index (κ2) is 5.77. The Labute approximate surface area is 126 Å². The van der Waals surface area contributed by atoms with Gasteiger partial charge >= 0.3 is 0 Å². The van der Waals surface area contributed by atoms with Crippen molar-refractivity contribution in [2.24, 2.45) is 0 Å². The molecular formula is C16H13FN4O. The van der Waals surface area contributed by atoms with Crippen molar-refractivity contribution in [3.8, 4) is 11.4 Å². The number of nitrogens with zero attached hydrogens (tertiary/aromatic N) is 2. The van der Waals surface area contributed by atoms with Gasteiger partial charge in [-0.25, -0.2) is 4.39 Å². The Balaban J connectivity index is 1.80. The number of pyridine rings is 1. The first-order valence-corrected chi connectivity index (χ1v) is 6.68. The van der Waals surface area contributed by atoms with Crippen molar-refractivity contribution < 1.29 is 9.18 Å². The molecule has 3 rings (SSSR count). The molecule has 0 radical (unpaired) electrons. The lowest BCUT2D eigenvalue weighted by Gasteiger charge is -2.06. The van der Waals surface area contributed by atoms with Gasteiger partial charge < -0.3 is 5.32 Å². The molecule has 5 nitrogen and oxygen atoms in total. The number of halogens is 1. The van der Waals surface area contributed by atoms with Gasteiger partial charge in [-0.1, -0.05) is 6.07 Å². The van der Waals surface area contributed by atoms with Gasteiger partial charge in [-0.05, 0) is 48.9 Å². The summed E-state index contributed by atoms with van der Waals surface area (Å²) >= 11 is 0. The van der Waals surface area contributed by atoms with E-state index < -0.39 is 0 Å². The van der Waals surface area contributed by atoms with Crippen molar-refractivity contribution in [3.05, 3.63) is 65.7 Å². The molecule has 0 aliphatic rings. The van der Waals surface area contributed by atoms with E-state index in [4.69, 9.17) is 0 Å². The molecule has 0 saturated heterocycles. The Morgan fingerprint density at radius 2 is 2.05 bits per heavy atom. The molecule has 0 atom stereocenters. The number of H-pyrrole nitrogens is 1. The first kappa shape index (κ1) is 13.9. The minimum Gasteiger partial charge on any atom is -0.320 e. The van der Waals surface area contributed by atoms with E-state index in [1.54, 1.807) is 25.3 Å². The zero-order valence-corrected chi connectivity index (χ0v) is 11.8. The lowest BCUT2D eigenvalue weighted by atomic mass is 10.2. The molecule has 3 aromatic rings. The van der Waals surface area contributed by atoms with Gasteiger partial charge in [-0.2, -0.15) is 5.10 Å². The first-order valence-electron chi connectivity index (χ1n) is 6.68.